The van der Waals surface area contributed by atoms with E-state index in [4.69, 9.17) is 0 Å². The number of ether oxygens (including phenoxy) is 1. The van der Waals surface area contributed by atoms with Gasteiger partial charge in [0, 0.05) is 3.42 Å². The number of carbonyl (C=O) groups excluding carboxylic acids is 2. The summed E-state index contributed by atoms with van der Waals surface area (Å²) in [5.41, 5.74) is -0.662. The van der Waals surface area contributed by atoms with Crippen molar-refractivity contribution in [1.29, 1.82) is 0 Å². The average molecular weight is 282 g/mol. The predicted molar refractivity (Wildman–Crippen MR) is 51.9 cm³/mol. The summed E-state index contributed by atoms with van der Waals surface area (Å²) in [6.07, 6.45) is 0.196. The van der Waals surface area contributed by atoms with Crippen molar-refractivity contribution in [2.45, 2.75) is 30.6 Å². The predicted octanol–water partition coefficient (Wildman–Crippen LogP) is 1.68. The maximum atomic E-state index is 11.3. The Labute approximate surface area is 85.0 Å². The fraction of sp³-hybridized carbons (Fsp3) is 0.750. The lowest BCUT2D eigenvalue weighted by atomic mass is 9.78. The van der Waals surface area contributed by atoms with Crippen LogP contribution in [-0.4, -0.2) is 15.4 Å². The lowest BCUT2D eigenvalue weighted by Gasteiger charge is -2.31. The quantitative estimate of drug-likeness (QED) is 0.318. The van der Waals surface area contributed by atoms with Gasteiger partial charge >= 0.3 is 11.9 Å². The summed E-state index contributed by atoms with van der Waals surface area (Å²) in [5, 5.41) is 0. The smallest absolute Gasteiger partial charge is 0.321 e. The molecule has 0 N–H and O–H groups in total. The van der Waals surface area contributed by atoms with E-state index in [9.17, 15) is 9.59 Å². The van der Waals surface area contributed by atoms with Crippen molar-refractivity contribution in [2.75, 3.05) is 0 Å². The van der Waals surface area contributed by atoms with E-state index in [1.807, 2.05) is 13.8 Å². The Morgan fingerprint density at radius 2 is 2.00 bits per heavy atom. The molecule has 0 aromatic carbocycles. The molecule has 1 heterocycles. The van der Waals surface area contributed by atoms with E-state index >= 15 is 0 Å². The maximum Gasteiger partial charge on any atom is 0.321 e. The van der Waals surface area contributed by atoms with Crippen LogP contribution in [0.25, 0.3) is 0 Å². The topological polar surface area (TPSA) is 43.4 Å². The monoisotopic (exact) mass is 282 g/mol. The highest BCUT2D eigenvalue weighted by Crippen LogP contribution is 2.45. The van der Waals surface area contributed by atoms with Gasteiger partial charge in [-0.3, -0.25) is 9.59 Å². The van der Waals surface area contributed by atoms with Crippen LogP contribution < -0.4 is 0 Å². The average Bonchev–Trinajstić information content (AvgIpc) is 2.06. The summed E-state index contributed by atoms with van der Waals surface area (Å²) in [4.78, 5) is 22.2. The molecule has 0 radical (unpaired) electrons. The zero-order valence-electron chi connectivity index (χ0n) is 7.31. The van der Waals surface area contributed by atoms with E-state index in [1.54, 1.807) is 6.92 Å². The van der Waals surface area contributed by atoms with Gasteiger partial charge < -0.3 is 4.74 Å². The third-order valence-corrected chi connectivity index (χ3v) is 3.66. The van der Waals surface area contributed by atoms with Crippen LogP contribution >= 0.6 is 22.6 Å². The standard InChI is InChI=1S/C8H11IO3/c1-7(2,9)8(3)4-5(10)12-6(8)11/h4H2,1-3H3. The van der Waals surface area contributed by atoms with Gasteiger partial charge in [-0.2, -0.15) is 0 Å². The molecule has 12 heavy (non-hydrogen) atoms. The van der Waals surface area contributed by atoms with Crippen molar-refractivity contribution in [3.63, 3.8) is 0 Å². The van der Waals surface area contributed by atoms with Crippen LogP contribution in [0, 0.1) is 5.41 Å². The zero-order chi connectivity index (χ0) is 9.57. The molecule has 1 rings (SSSR count). The van der Waals surface area contributed by atoms with E-state index < -0.39 is 17.4 Å². The third kappa shape index (κ3) is 1.36. The molecule has 0 spiro atoms. The van der Waals surface area contributed by atoms with Crippen molar-refractivity contribution in [2.24, 2.45) is 5.41 Å². The van der Waals surface area contributed by atoms with E-state index in [-0.39, 0.29) is 9.84 Å². The summed E-state index contributed by atoms with van der Waals surface area (Å²) < 4.78 is 4.26. The zero-order valence-corrected chi connectivity index (χ0v) is 9.47. The van der Waals surface area contributed by atoms with Crippen LogP contribution in [0.2, 0.25) is 0 Å². The second-order valence-corrected chi connectivity index (χ2v) is 6.44. The Morgan fingerprint density at radius 1 is 1.50 bits per heavy atom. The van der Waals surface area contributed by atoms with Gasteiger partial charge in [0.05, 0.1) is 11.8 Å². The number of alkyl halides is 1. The van der Waals surface area contributed by atoms with E-state index in [0.717, 1.165) is 0 Å². The Balaban J connectivity index is 3.00. The van der Waals surface area contributed by atoms with Gasteiger partial charge in [0.2, 0.25) is 0 Å². The molecule has 1 fully saturated rings. The number of hydrogen-bond donors (Lipinski definition) is 0. The van der Waals surface area contributed by atoms with Crippen LogP contribution in [0.15, 0.2) is 0 Å². The van der Waals surface area contributed by atoms with Crippen molar-refractivity contribution in [3.05, 3.63) is 0 Å². The largest absolute Gasteiger partial charge is 0.393 e. The number of halogens is 1. The van der Waals surface area contributed by atoms with E-state index in [1.165, 1.54) is 0 Å². The highest BCUT2D eigenvalue weighted by atomic mass is 127. The van der Waals surface area contributed by atoms with Gasteiger partial charge in [0.15, 0.2) is 0 Å². The Morgan fingerprint density at radius 3 is 2.17 bits per heavy atom. The maximum absolute atomic E-state index is 11.3. The van der Waals surface area contributed by atoms with Crippen LogP contribution in [0.1, 0.15) is 27.2 Å². The summed E-state index contributed by atoms with van der Waals surface area (Å²) >= 11 is 2.17. The minimum Gasteiger partial charge on any atom is -0.393 e. The van der Waals surface area contributed by atoms with Crippen molar-refractivity contribution >= 4 is 34.5 Å². The molecule has 1 saturated heterocycles. The lowest BCUT2D eigenvalue weighted by molar-refractivity contribution is -0.155. The minimum absolute atomic E-state index is 0.196. The molecule has 1 unspecified atom stereocenters. The molecule has 0 saturated carbocycles. The molecule has 68 valence electrons. The minimum atomic E-state index is -0.662. The molecule has 0 aromatic rings. The number of esters is 2. The molecule has 4 heteroatoms. The fourth-order valence-corrected chi connectivity index (χ4v) is 1.48. The van der Waals surface area contributed by atoms with Gasteiger partial charge in [0.25, 0.3) is 0 Å². The highest BCUT2D eigenvalue weighted by Gasteiger charge is 2.53. The van der Waals surface area contributed by atoms with Gasteiger partial charge in [-0.1, -0.05) is 22.6 Å². The Bertz CT molecular complexity index is 241. The molecule has 0 bridgehead atoms. The molecule has 1 aliphatic rings. The summed E-state index contributed by atoms with van der Waals surface area (Å²) in [6.45, 7) is 5.62. The molecular weight excluding hydrogens is 271 g/mol. The summed E-state index contributed by atoms with van der Waals surface area (Å²) in [5.74, 6) is -0.806. The van der Waals surface area contributed by atoms with Crippen molar-refractivity contribution in [3.8, 4) is 0 Å². The number of rotatable bonds is 1. The SMILES string of the molecule is CC(C)(I)C1(C)CC(=O)OC1=O. The second-order valence-electron chi connectivity index (χ2n) is 3.74. The molecule has 0 aliphatic carbocycles. The Kier molecular flexibility index (Phi) is 2.22. The molecular formula is C8H11IO3. The number of cyclic esters (lactones) is 2. The Hall–Kier alpha value is -0.130. The van der Waals surface area contributed by atoms with Crippen LogP contribution in [0.4, 0.5) is 0 Å². The fourth-order valence-electron chi connectivity index (χ4n) is 1.07. The number of carbonyl (C=O) groups is 2. The molecule has 0 aromatic heterocycles. The third-order valence-electron chi connectivity index (χ3n) is 2.47. The van der Waals surface area contributed by atoms with Gasteiger partial charge in [-0.05, 0) is 20.8 Å². The van der Waals surface area contributed by atoms with Gasteiger partial charge in [-0.15, -0.1) is 0 Å². The highest BCUT2D eigenvalue weighted by molar-refractivity contribution is 14.1. The van der Waals surface area contributed by atoms with E-state index in [2.05, 4.69) is 27.3 Å². The first-order valence-corrected chi connectivity index (χ1v) is 4.79. The molecule has 1 aliphatic heterocycles. The van der Waals surface area contributed by atoms with E-state index in [0.29, 0.717) is 0 Å². The van der Waals surface area contributed by atoms with Crippen LogP contribution in [0.5, 0.6) is 0 Å². The first kappa shape index (κ1) is 9.95. The first-order valence-electron chi connectivity index (χ1n) is 3.71. The van der Waals surface area contributed by atoms with Crippen molar-refractivity contribution < 1.29 is 14.3 Å². The normalized spacial score (nSPS) is 30.7. The summed E-state index contributed by atoms with van der Waals surface area (Å²) in [7, 11) is 0. The van der Waals surface area contributed by atoms with Gasteiger partial charge in [-0.25, -0.2) is 0 Å². The molecule has 0 amide bonds. The molecule has 1 atom stereocenters. The van der Waals surface area contributed by atoms with Crippen LogP contribution in [-0.2, 0) is 14.3 Å². The summed E-state index contributed by atoms with van der Waals surface area (Å²) in [6, 6.07) is 0. The van der Waals surface area contributed by atoms with Gasteiger partial charge in [0.1, 0.15) is 0 Å². The number of hydrogen-bond acceptors (Lipinski definition) is 3. The second kappa shape index (κ2) is 2.68. The van der Waals surface area contributed by atoms with Crippen LogP contribution in [0.3, 0.4) is 0 Å². The first-order chi connectivity index (χ1) is 5.27. The molecule has 3 nitrogen and oxygen atoms in total. The lowest BCUT2D eigenvalue weighted by Crippen LogP contribution is -2.39. The van der Waals surface area contributed by atoms with Crippen molar-refractivity contribution in [1.82, 2.24) is 0 Å².